The smallest absolute Gasteiger partial charge is 0.309 e. The second kappa shape index (κ2) is 9.50. The number of aliphatic hydroxyl groups excluding tert-OH is 1. The molecule has 0 spiro atoms. The van der Waals surface area contributed by atoms with E-state index in [1.807, 2.05) is 30.3 Å². The molecule has 4 heteroatoms. The Hall–Kier alpha value is -1.39. The maximum atomic E-state index is 11.3. The first-order valence-electron chi connectivity index (χ1n) is 7.14. The summed E-state index contributed by atoms with van der Waals surface area (Å²) in [5.74, 6) is -1.77. The van der Waals surface area contributed by atoms with Crippen molar-refractivity contribution < 1.29 is 19.7 Å². The lowest BCUT2D eigenvalue weighted by atomic mass is 9.89. The van der Waals surface area contributed by atoms with Crippen molar-refractivity contribution in [2.24, 2.45) is 11.8 Å². The van der Waals surface area contributed by atoms with Crippen molar-refractivity contribution in [3.63, 3.8) is 0 Å². The Morgan fingerprint density at radius 3 is 2.55 bits per heavy atom. The third kappa shape index (κ3) is 5.72. The van der Waals surface area contributed by atoms with Gasteiger partial charge in [-0.1, -0.05) is 50.1 Å². The second-order valence-corrected chi connectivity index (χ2v) is 5.03. The van der Waals surface area contributed by atoms with Crippen LogP contribution in [-0.2, 0) is 16.1 Å². The Labute approximate surface area is 120 Å². The number of carboxylic acid groups (broad SMARTS) is 1. The normalized spacial score (nSPS) is 13.9. The van der Waals surface area contributed by atoms with Gasteiger partial charge in [0.2, 0.25) is 0 Å². The summed E-state index contributed by atoms with van der Waals surface area (Å²) in [6.07, 6.45) is 2.64. The van der Waals surface area contributed by atoms with Crippen LogP contribution in [0.5, 0.6) is 0 Å². The number of rotatable bonds is 10. The molecule has 0 radical (unpaired) electrons. The molecule has 2 atom stereocenters. The third-order valence-electron chi connectivity index (χ3n) is 3.46. The van der Waals surface area contributed by atoms with Gasteiger partial charge in [0, 0.05) is 6.61 Å². The molecular formula is C16H24O4. The van der Waals surface area contributed by atoms with Crippen LogP contribution in [0, 0.1) is 11.8 Å². The molecule has 0 bridgehead atoms. The highest BCUT2D eigenvalue weighted by molar-refractivity contribution is 5.70. The van der Waals surface area contributed by atoms with Crippen LogP contribution in [0.1, 0.15) is 31.7 Å². The molecule has 1 aromatic carbocycles. The van der Waals surface area contributed by atoms with E-state index in [2.05, 4.69) is 6.92 Å². The molecule has 0 aliphatic heterocycles. The van der Waals surface area contributed by atoms with Crippen LogP contribution in [0.15, 0.2) is 30.3 Å². The van der Waals surface area contributed by atoms with Crippen molar-refractivity contribution in [2.75, 3.05) is 13.2 Å². The van der Waals surface area contributed by atoms with E-state index in [1.54, 1.807) is 0 Å². The molecule has 0 amide bonds. The fraction of sp³-hybridized carbons (Fsp3) is 0.562. The number of carbonyl (C=O) groups is 1. The van der Waals surface area contributed by atoms with Crippen LogP contribution in [0.2, 0.25) is 0 Å². The van der Waals surface area contributed by atoms with E-state index in [9.17, 15) is 15.0 Å². The number of benzene rings is 1. The monoisotopic (exact) mass is 280 g/mol. The molecule has 0 unspecified atom stereocenters. The van der Waals surface area contributed by atoms with Gasteiger partial charge in [-0.15, -0.1) is 0 Å². The first kappa shape index (κ1) is 16.7. The zero-order valence-electron chi connectivity index (χ0n) is 12.0. The zero-order valence-corrected chi connectivity index (χ0v) is 12.0. The molecule has 0 aliphatic carbocycles. The SMILES string of the molecule is CCCC[C@@H](CO)[C@@H](COCc1ccccc1)C(=O)O. The fourth-order valence-corrected chi connectivity index (χ4v) is 2.17. The molecule has 0 saturated carbocycles. The topological polar surface area (TPSA) is 66.8 Å². The minimum Gasteiger partial charge on any atom is -0.481 e. The first-order valence-corrected chi connectivity index (χ1v) is 7.14. The van der Waals surface area contributed by atoms with Gasteiger partial charge in [0.1, 0.15) is 0 Å². The molecule has 0 fully saturated rings. The van der Waals surface area contributed by atoms with E-state index in [-0.39, 0.29) is 19.1 Å². The Morgan fingerprint density at radius 1 is 1.30 bits per heavy atom. The molecule has 0 saturated heterocycles. The lowest BCUT2D eigenvalue weighted by Gasteiger charge is -2.22. The van der Waals surface area contributed by atoms with Crippen molar-refractivity contribution in [1.82, 2.24) is 0 Å². The number of aliphatic carboxylic acids is 1. The van der Waals surface area contributed by atoms with E-state index in [4.69, 9.17) is 4.74 Å². The fourth-order valence-electron chi connectivity index (χ4n) is 2.17. The van der Waals surface area contributed by atoms with Gasteiger partial charge in [-0.25, -0.2) is 0 Å². The number of hydrogen-bond donors (Lipinski definition) is 2. The average molecular weight is 280 g/mol. The lowest BCUT2D eigenvalue weighted by molar-refractivity contribution is -0.147. The Morgan fingerprint density at radius 2 is 2.00 bits per heavy atom. The van der Waals surface area contributed by atoms with E-state index in [1.165, 1.54) is 0 Å². The van der Waals surface area contributed by atoms with Gasteiger partial charge >= 0.3 is 5.97 Å². The molecule has 2 N–H and O–H groups in total. The highest BCUT2D eigenvalue weighted by atomic mass is 16.5. The number of hydrogen-bond acceptors (Lipinski definition) is 3. The van der Waals surface area contributed by atoms with Crippen molar-refractivity contribution in [1.29, 1.82) is 0 Å². The van der Waals surface area contributed by atoms with Crippen LogP contribution in [0.25, 0.3) is 0 Å². The molecule has 0 aromatic heterocycles. The predicted molar refractivity (Wildman–Crippen MR) is 77.3 cm³/mol. The summed E-state index contributed by atoms with van der Waals surface area (Å²) in [6.45, 7) is 2.48. The highest BCUT2D eigenvalue weighted by Gasteiger charge is 2.27. The summed E-state index contributed by atoms with van der Waals surface area (Å²) in [7, 11) is 0. The number of carboxylic acids is 1. The van der Waals surface area contributed by atoms with Gasteiger partial charge in [-0.05, 0) is 17.9 Å². The maximum absolute atomic E-state index is 11.3. The average Bonchev–Trinajstić information content (AvgIpc) is 2.46. The Bertz CT molecular complexity index is 377. The van der Waals surface area contributed by atoms with Gasteiger partial charge in [-0.3, -0.25) is 4.79 Å². The van der Waals surface area contributed by atoms with Crippen molar-refractivity contribution >= 4 is 5.97 Å². The van der Waals surface area contributed by atoms with Gasteiger partial charge in [0.15, 0.2) is 0 Å². The summed E-state index contributed by atoms with van der Waals surface area (Å²) in [5.41, 5.74) is 1.02. The van der Waals surface area contributed by atoms with Crippen molar-refractivity contribution in [3.8, 4) is 0 Å². The summed E-state index contributed by atoms with van der Waals surface area (Å²) in [5, 5.41) is 18.6. The lowest BCUT2D eigenvalue weighted by Crippen LogP contribution is -2.30. The number of unbranched alkanes of at least 4 members (excludes halogenated alkanes) is 1. The van der Waals surface area contributed by atoms with Crippen molar-refractivity contribution in [2.45, 2.75) is 32.8 Å². The van der Waals surface area contributed by atoms with Gasteiger partial charge < -0.3 is 14.9 Å². The highest BCUT2D eigenvalue weighted by Crippen LogP contribution is 2.20. The molecule has 1 aromatic rings. The first-order chi connectivity index (χ1) is 9.69. The minimum atomic E-state index is -0.895. The van der Waals surface area contributed by atoms with Crippen LogP contribution < -0.4 is 0 Å². The molecule has 0 heterocycles. The standard InChI is InChI=1S/C16H24O4/c1-2-3-9-14(10-17)15(16(18)19)12-20-11-13-7-5-4-6-8-13/h4-8,14-15,17H,2-3,9-12H2,1H3,(H,18,19)/t14-,15+/m0/s1. The molecule has 112 valence electrons. The quantitative estimate of drug-likeness (QED) is 0.691. The van der Waals surface area contributed by atoms with E-state index in [0.29, 0.717) is 6.61 Å². The van der Waals surface area contributed by atoms with Gasteiger partial charge in [-0.2, -0.15) is 0 Å². The van der Waals surface area contributed by atoms with E-state index in [0.717, 1.165) is 24.8 Å². The van der Waals surface area contributed by atoms with E-state index < -0.39 is 11.9 Å². The molecule has 0 aliphatic rings. The van der Waals surface area contributed by atoms with E-state index >= 15 is 0 Å². The second-order valence-electron chi connectivity index (χ2n) is 5.03. The molecule has 20 heavy (non-hydrogen) atoms. The summed E-state index contributed by atoms with van der Waals surface area (Å²) >= 11 is 0. The Kier molecular flexibility index (Phi) is 7.92. The van der Waals surface area contributed by atoms with Gasteiger partial charge in [0.05, 0.1) is 19.1 Å². The van der Waals surface area contributed by atoms with Crippen LogP contribution in [-0.4, -0.2) is 29.4 Å². The number of aliphatic hydroxyl groups is 1. The summed E-state index contributed by atoms with van der Waals surface area (Å²) < 4.78 is 5.51. The van der Waals surface area contributed by atoms with Crippen LogP contribution in [0.3, 0.4) is 0 Å². The molecular weight excluding hydrogens is 256 g/mol. The zero-order chi connectivity index (χ0) is 14.8. The molecule has 4 nitrogen and oxygen atoms in total. The largest absolute Gasteiger partial charge is 0.481 e. The Balaban J connectivity index is 2.47. The van der Waals surface area contributed by atoms with Crippen molar-refractivity contribution in [3.05, 3.63) is 35.9 Å². The summed E-state index contributed by atoms with van der Waals surface area (Å²) in [6, 6.07) is 9.65. The summed E-state index contributed by atoms with van der Waals surface area (Å²) in [4.78, 5) is 11.3. The minimum absolute atomic E-state index is 0.105. The third-order valence-corrected chi connectivity index (χ3v) is 3.46. The van der Waals surface area contributed by atoms with Gasteiger partial charge in [0.25, 0.3) is 0 Å². The molecule has 1 rings (SSSR count). The number of ether oxygens (including phenoxy) is 1. The van der Waals surface area contributed by atoms with Crippen LogP contribution in [0.4, 0.5) is 0 Å². The van der Waals surface area contributed by atoms with Crippen LogP contribution >= 0.6 is 0 Å². The predicted octanol–water partition coefficient (Wildman–Crippen LogP) is 2.70. The maximum Gasteiger partial charge on any atom is 0.309 e.